The maximum atomic E-state index is 12.5. The zero-order valence-corrected chi connectivity index (χ0v) is 13.3. The SMILES string of the molecule is COc1ccc(OC)c(S(=O)(=O)Nc2nnc(C(F)(F)F)s2)c1. The van der Waals surface area contributed by atoms with E-state index < -0.39 is 26.3 Å². The average Bonchev–Trinajstić information content (AvgIpc) is 2.94. The zero-order chi connectivity index (χ0) is 17.3. The van der Waals surface area contributed by atoms with Crippen molar-refractivity contribution >= 4 is 26.5 Å². The molecule has 0 aliphatic carbocycles. The Morgan fingerprint density at radius 2 is 1.87 bits per heavy atom. The van der Waals surface area contributed by atoms with Gasteiger partial charge in [0.2, 0.25) is 10.1 Å². The standard InChI is InChI=1S/C11H10F3N3O4S2/c1-20-6-3-4-7(21-2)8(5-6)23(18,19)17-10-16-15-9(22-10)11(12,13)14/h3-5H,1-2H3,(H,16,17). The number of nitrogens with zero attached hydrogens (tertiary/aromatic N) is 2. The number of alkyl halides is 3. The number of ether oxygens (including phenoxy) is 2. The second-order valence-corrected chi connectivity index (χ2v) is 6.66. The fourth-order valence-corrected chi connectivity index (χ4v) is 3.57. The van der Waals surface area contributed by atoms with Crippen LogP contribution in [-0.2, 0) is 16.2 Å². The summed E-state index contributed by atoms with van der Waals surface area (Å²) in [7, 11) is -1.64. The molecule has 1 heterocycles. The molecule has 0 aliphatic heterocycles. The van der Waals surface area contributed by atoms with Crippen LogP contribution in [0.3, 0.4) is 0 Å². The van der Waals surface area contributed by atoms with E-state index in [2.05, 4.69) is 10.2 Å². The second-order valence-electron chi connectivity index (χ2n) is 4.03. The normalized spacial score (nSPS) is 12.0. The minimum atomic E-state index is -4.70. The van der Waals surface area contributed by atoms with Crippen LogP contribution in [0.15, 0.2) is 23.1 Å². The van der Waals surface area contributed by atoms with Crippen LogP contribution in [0.5, 0.6) is 11.5 Å². The molecule has 12 heteroatoms. The van der Waals surface area contributed by atoms with Crippen LogP contribution >= 0.6 is 11.3 Å². The summed E-state index contributed by atoms with van der Waals surface area (Å²) >= 11 is 0.0752. The summed E-state index contributed by atoms with van der Waals surface area (Å²) in [6, 6.07) is 4.01. The minimum absolute atomic E-state index is 0.00106. The van der Waals surface area contributed by atoms with Crippen LogP contribution in [0.2, 0.25) is 0 Å². The van der Waals surface area contributed by atoms with Crippen molar-refractivity contribution in [2.24, 2.45) is 0 Å². The number of aromatic nitrogens is 2. The van der Waals surface area contributed by atoms with Gasteiger partial charge in [-0.15, -0.1) is 10.2 Å². The van der Waals surface area contributed by atoms with E-state index in [1.165, 1.54) is 32.4 Å². The lowest BCUT2D eigenvalue weighted by Crippen LogP contribution is -2.14. The van der Waals surface area contributed by atoms with Gasteiger partial charge in [0.05, 0.1) is 14.2 Å². The molecule has 126 valence electrons. The largest absolute Gasteiger partial charge is 0.497 e. The molecule has 1 aromatic heterocycles. The van der Waals surface area contributed by atoms with E-state index in [4.69, 9.17) is 9.47 Å². The fourth-order valence-electron chi connectivity index (χ4n) is 1.54. The van der Waals surface area contributed by atoms with Crippen molar-refractivity contribution in [3.05, 3.63) is 23.2 Å². The van der Waals surface area contributed by atoms with Gasteiger partial charge in [0.1, 0.15) is 16.4 Å². The van der Waals surface area contributed by atoms with Gasteiger partial charge in [0, 0.05) is 6.07 Å². The molecule has 0 bridgehead atoms. The number of halogens is 3. The average molecular weight is 369 g/mol. The smallest absolute Gasteiger partial charge is 0.445 e. The summed E-state index contributed by atoms with van der Waals surface area (Å²) in [5.74, 6) is 0.235. The minimum Gasteiger partial charge on any atom is -0.497 e. The highest BCUT2D eigenvalue weighted by Gasteiger charge is 2.36. The topological polar surface area (TPSA) is 90.4 Å². The molecular weight excluding hydrogens is 359 g/mol. The number of rotatable bonds is 5. The van der Waals surface area contributed by atoms with Gasteiger partial charge in [0.15, 0.2) is 0 Å². The summed E-state index contributed by atoms with van der Waals surface area (Å²) in [4.78, 5) is -0.303. The van der Waals surface area contributed by atoms with Gasteiger partial charge < -0.3 is 9.47 Å². The molecule has 7 nitrogen and oxygen atoms in total. The van der Waals surface area contributed by atoms with Crippen LogP contribution in [0, 0.1) is 0 Å². The lowest BCUT2D eigenvalue weighted by molar-refractivity contribution is -0.138. The fraction of sp³-hybridized carbons (Fsp3) is 0.273. The van der Waals surface area contributed by atoms with E-state index in [9.17, 15) is 21.6 Å². The van der Waals surface area contributed by atoms with E-state index in [1.807, 2.05) is 4.72 Å². The van der Waals surface area contributed by atoms with Crippen LogP contribution in [0.25, 0.3) is 0 Å². The summed E-state index contributed by atoms with van der Waals surface area (Å²) in [6.45, 7) is 0. The Labute approximate surface area is 133 Å². The molecule has 1 aromatic carbocycles. The molecule has 0 radical (unpaired) electrons. The summed E-state index contributed by atoms with van der Waals surface area (Å²) < 4.78 is 73.8. The Morgan fingerprint density at radius 1 is 1.17 bits per heavy atom. The van der Waals surface area contributed by atoms with Crippen molar-refractivity contribution in [2.75, 3.05) is 18.9 Å². The molecule has 23 heavy (non-hydrogen) atoms. The second kappa shape index (κ2) is 6.20. The number of methoxy groups -OCH3 is 2. The number of hydrogen-bond acceptors (Lipinski definition) is 7. The van der Waals surface area contributed by atoms with Crippen molar-refractivity contribution in [3.63, 3.8) is 0 Å². The van der Waals surface area contributed by atoms with Gasteiger partial charge in [-0.05, 0) is 12.1 Å². The molecule has 0 spiro atoms. The summed E-state index contributed by atoms with van der Waals surface area (Å²) in [6.07, 6.45) is -4.70. The molecule has 0 atom stereocenters. The van der Waals surface area contributed by atoms with Crippen molar-refractivity contribution in [2.45, 2.75) is 11.1 Å². The molecule has 0 saturated heterocycles. The van der Waals surface area contributed by atoms with Gasteiger partial charge in [-0.2, -0.15) is 13.2 Å². The van der Waals surface area contributed by atoms with E-state index in [0.717, 1.165) is 0 Å². The van der Waals surface area contributed by atoms with Crippen molar-refractivity contribution in [1.82, 2.24) is 10.2 Å². The van der Waals surface area contributed by atoms with Crippen LogP contribution < -0.4 is 14.2 Å². The first-order chi connectivity index (χ1) is 10.7. The molecule has 0 unspecified atom stereocenters. The lowest BCUT2D eigenvalue weighted by Gasteiger charge is -2.11. The van der Waals surface area contributed by atoms with Crippen molar-refractivity contribution in [3.8, 4) is 11.5 Å². The predicted molar refractivity (Wildman–Crippen MR) is 75.3 cm³/mol. The molecule has 2 rings (SSSR count). The summed E-state index contributed by atoms with van der Waals surface area (Å²) in [5.41, 5.74) is 0. The number of sulfonamides is 1. The molecule has 1 N–H and O–H groups in total. The third-order valence-electron chi connectivity index (χ3n) is 2.55. The number of nitrogens with one attached hydrogen (secondary N) is 1. The maximum Gasteiger partial charge on any atom is 0.445 e. The highest BCUT2D eigenvalue weighted by Crippen LogP contribution is 2.35. The Hall–Kier alpha value is -2.08. The van der Waals surface area contributed by atoms with E-state index in [1.54, 1.807) is 0 Å². The van der Waals surface area contributed by atoms with E-state index in [0.29, 0.717) is 0 Å². The van der Waals surface area contributed by atoms with Gasteiger partial charge >= 0.3 is 6.18 Å². The number of benzene rings is 1. The van der Waals surface area contributed by atoms with Gasteiger partial charge in [-0.1, -0.05) is 11.3 Å². The van der Waals surface area contributed by atoms with Crippen LogP contribution in [0.1, 0.15) is 5.01 Å². The highest BCUT2D eigenvalue weighted by atomic mass is 32.2. The first-order valence-electron chi connectivity index (χ1n) is 5.83. The maximum absolute atomic E-state index is 12.5. The molecule has 0 amide bonds. The first kappa shape index (κ1) is 17.3. The molecule has 2 aromatic rings. The Kier molecular flexibility index (Phi) is 4.66. The third kappa shape index (κ3) is 3.82. The van der Waals surface area contributed by atoms with E-state index in [-0.39, 0.29) is 27.7 Å². The van der Waals surface area contributed by atoms with Gasteiger partial charge in [0.25, 0.3) is 10.0 Å². The van der Waals surface area contributed by atoms with Crippen molar-refractivity contribution < 1.29 is 31.1 Å². The van der Waals surface area contributed by atoms with Gasteiger partial charge in [-0.3, -0.25) is 4.72 Å². The third-order valence-corrected chi connectivity index (χ3v) is 4.92. The number of hydrogen-bond donors (Lipinski definition) is 1. The van der Waals surface area contributed by atoms with Crippen molar-refractivity contribution in [1.29, 1.82) is 0 Å². The Bertz CT molecular complexity index is 805. The predicted octanol–water partition coefficient (Wildman–Crippen LogP) is 2.37. The molecule has 0 aliphatic rings. The molecule has 0 fully saturated rings. The number of anilines is 1. The monoisotopic (exact) mass is 369 g/mol. The first-order valence-corrected chi connectivity index (χ1v) is 8.13. The van der Waals surface area contributed by atoms with Crippen LogP contribution in [0.4, 0.5) is 18.3 Å². The van der Waals surface area contributed by atoms with Crippen LogP contribution in [-0.4, -0.2) is 32.8 Å². The lowest BCUT2D eigenvalue weighted by atomic mass is 10.3. The highest BCUT2D eigenvalue weighted by molar-refractivity contribution is 7.93. The zero-order valence-electron chi connectivity index (χ0n) is 11.7. The quantitative estimate of drug-likeness (QED) is 0.870. The molecule has 0 saturated carbocycles. The van der Waals surface area contributed by atoms with E-state index >= 15 is 0 Å². The Morgan fingerprint density at radius 3 is 2.39 bits per heavy atom. The Balaban J connectivity index is 2.37. The molecular formula is C11H10F3N3O4S2. The summed E-state index contributed by atoms with van der Waals surface area (Å²) in [5, 5.41) is 4.31. The van der Waals surface area contributed by atoms with Gasteiger partial charge in [-0.25, -0.2) is 8.42 Å².